The normalized spacial score (nSPS) is 10.5. The summed E-state index contributed by atoms with van der Waals surface area (Å²) in [4.78, 5) is 26.7. The van der Waals surface area contributed by atoms with Crippen molar-refractivity contribution in [3.05, 3.63) is 87.3 Å². The zero-order valence-corrected chi connectivity index (χ0v) is 16.5. The number of aryl methyl sites for hydroxylation is 1. The first-order valence-electron chi connectivity index (χ1n) is 8.01. The first kappa shape index (κ1) is 18.5. The molecule has 132 valence electrons. The van der Waals surface area contributed by atoms with Crippen molar-refractivity contribution < 1.29 is 4.79 Å². The number of carbonyl (C=O) groups is 1. The Morgan fingerprint density at radius 2 is 1.81 bits per heavy atom. The molecule has 0 bridgehead atoms. The van der Waals surface area contributed by atoms with Crippen molar-refractivity contribution in [2.75, 3.05) is 5.32 Å². The van der Waals surface area contributed by atoms with E-state index in [1.54, 1.807) is 24.0 Å². The maximum atomic E-state index is 12.5. The molecule has 6 heteroatoms. The molecule has 0 unspecified atom stereocenters. The highest BCUT2D eigenvalue weighted by Gasteiger charge is 2.11. The van der Waals surface area contributed by atoms with Crippen LogP contribution in [0.5, 0.6) is 0 Å². The molecule has 0 radical (unpaired) electrons. The monoisotopic (exact) mass is 428 g/mol. The third-order valence-corrected chi connectivity index (χ3v) is 5.28. The maximum absolute atomic E-state index is 12.5. The van der Waals surface area contributed by atoms with E-state index in [1.165, 1.54) is 4.57 Å². The molecule has 0 aliphatic heterocycles. The lowest BCUT2D eigenvalue weighted by molar-refractivity contribution is -0.116. The number of nitrogens with zero attached hydrogens (tertiary/aromatic N) is 1. The largest absolute Gasteiger partial charge is 0.324 e. The van der Waals surface area contributed by atoms with Gasteiger partial charge in [-0.3, -0.25) is 9.59 Å². The number of pyridine rings is 1. The number of carbonyl (C=O) groups excluding carboxylic acids is 1. The van der Waals surface area contributed by atoms with Crippen molar-refractivity contribution in [2.24, 2.45) is 0 Å². The molecule has 3 rings (SSSR count). The van der Waals surface area contributed by atoms with Crippen molar-refractivity contribution in [3.8, 4) is 0 Å². The Bertz CT molecular complexity index is 987. The van der Waals surface area contributed by atoms with E-state index in [0.717, 1.165) is 21.0 Å². The van der Waals surface area contributed by atoms with Crippen LogP contribution in [0.1, 0.15) is 5.56 Å². The van der Waals surface area contributed by atoms with Gasteiger partial charge in [0.15, 0.2) is 0 Å². The number of rotatable bonds is 5. The van der Waals surface area contributed by atoms with Crippen LogP contribution in [-0.2, 0) is 11.3 Å². The van der Waals surface area contributed by atoms with Crippen LogP contribution in [-0.4, -0.2) is 10.5 Å². The van der Waals surface area contributed by atoms with E-state index in [9.17, 15) is 9.59 Å². The minimum Gasteiger partial charge on any atom is -0.324 e. The highest BCUT2D eigenvalue weighted by Crippen LogP contribution is 2.33. The molecule has 1 aromatic heterocycles. The number of aromatic nitrogens is 1. The molecule has 26 heavy (non-hydrogen) atoms. The lowest BCUT2D eigenvalue weighted by atomic mass is 10.3. The zero-order valence-electron chi connectivity index (χ0n) is 14.1. The van der Waals surface area contributed by atoms with Gasteiger partial charge in [-0.25, -0.2) is 0 Å². The third kappa shape index (κ3) is 4.65. The first-order valence-corrected chi connectivity index (χ1v) is 9.62. The molecule has 0 atom stereocenters. The summed E-state index contributed by atoms with van der Waals surface area (Å²) >= 11 is 4.81. The quantitative estimate of drug-likeness (QED) is 0.639. The maximum Gasteiger partial charge on any atom is 0.265 e. The van der Waals surface area contributed by atoms with Gasteiger partial charge in [0.25, 0.3) is 5.56 Å². The fourth-order valence-electron chi connectivity index (χ4n) is 2.48. The number of benzene rings is 2. The summed E-state index contributed by atoms with van der Waals surface area (Å²) in [5.41, 5.74) is 1.41. The Labute approximate surface area is 164 Å². The SMILES string of the molecule is Cc1cc(Br)c(=O)n(CC(=O)Nc2ccccc2Sc2ccccc2)c1. The summed E-state index contributed by atoms with van der Waals surface area (Å²) in [6.07, 6.45) is 1.68. The van der Waals surface area contributed by atoms with Crippen LogP contribution in [0.15, 0.2) is 85.9 Å². The smallest absolute Gasteiger partial charge is 0.265 e. The van der Waals surface area contributed by atoms with E-state index in [2.05, 4.69) is 21.2 Å². The van der Waals surface area contributed by atoms with Crippen molar-refractivity contribution in [3.63, 3.8) is 0 Å². The van der Waals surface area contributed by atoms with Crippen molar-refractivity contribution in [2.45, 2.75) is 23.3 Å². The second-order valence-corrected chi connectivity index (χ2v) is 7.73. The van der Waals surface area contributed by atoms with Crippen LogP contribution in [0.25, 0.3) is 0 Å². The molecule has 0 aliphatic rings. The first-order chi connectivity index (χ1) is 12.5. The summed E-state index contributed by atoms with van der Waals surface area (Å²) < 4.78 is 1.85. The van der Waals surface area contributed by atoms with E-state index in [-0.39, 0.29) is 18.0 Å². The molecule has 4 nitrogen and oxygen atoms in total. The van der Waals surface area contributed by atoms with Gasteiger partial charge in [-0.05, 0) is 58.7 Å². The van der Waals surface area contributed by atoms with Gasteiger partial charge in [0, 0.05) is 16.0 Å². The summed E-state index contributed by atoms with van der Waals surface area (Å²) in [6.45, 7) is 1.84. The van der Waals surface area contributed by atoms with E-state index in [0.29, 0.717) is 4.47 Å². The highest BCUT2D eigenvalue weighted by molar-refractivity contribution is 9.10. The summed E-state index contributed by atoms with van der Waals surface area (Å²) in [6, 6.07) is 19.3. The van der Waals surface area contributed by atoms with E-state index < -0.39 is 0 Å². The Morgan fingerprint density at radius 1 is 1.12 bits per heavy atom. The van der Waals surface area contributed by atoms with Crippen molar-refractivity contribution in [1.29, 1.82) is 0 Å². The average molecular weight is 429 g/mol. The summed E-state index contributed by atoms with van der Waals surface area (Å²) in [5.74, 6) is -0.245. The molecule has 0 saturated carbocycles. The number of anilines is 1. The van der Waals surface area contributed by atoms with E-state index in [1.807, 2.05) is 61.5 Å². The average Bonchev–Trinajstić information content (AvgIpc) is 2.62. The van der Waals surface area contributed by atoms with Crippen molar-refractivity contribution in [1.82, 2.24) is 4.57 Å². The lowest BCUT2D eigenvalue weighted by Crippen LogP contribution is -2.28. The number of amides is 1. The van der Waals surface area contributed by atoms with Crippen LogP contribution >= 0.6 is 27.7 Å². The minimum atomic E-state index is -0.245. The van der Waals surface area contributed by atoms with Gasteiger partial charge in [0.1, 0.15) is 6.54 Å². The van der Waals surface area contributed by atoms with Gasteiger partial charge in [-0.15, -0.1) is 0 Å². The number of hydrogen-bond acceptors (Lipinski definition) is 3. The van der Waals surface area contributed by atoms with Crippen LogP contribution in [0.2, 0.25) is 0 Å². The molecule has 2 aromatic carbocycles. The van der Waals surface area contributed by atoms with Crippen LogP contribution in [0, 0.1) is 6.92 Å². The molecular weight excluding hydrogens is 412 g/mol. The fraction of sp³-hybridized carbons (Fsp3) is 0.100. The molecule has 0 spiro atoms. The van der Waals surface area contributed by atoms with Crippen LogP contribution < -0.4 is 10.9 Å². The molecule has 0 saturated heterocycles. The van der Waals surface area contributed by atoms with Gasteiger partial charge >= 0.3 is 0 Å². The molecule has 0 fully saturated rings. The second-order valence-electron chi connectivity index (χ2n) is 5.76. The predicted octanol–water partition coefficient (Wildman–Crippen LogP) is 4.71. The fourth-order valence-corrected chi connectivity index (χ4v) is 3.99. The van der Waals surface area contributed by atoms with Gasteiger partial charge in [0.2, 0.25) is 5.91 Å². The van der Waals surface area contributed by atoms with Gasteiger partial charge < -0.3 is 9.88 Å². The van der Waals surface area contributed by atoms with E-state index in [4.69, 9.17) is 0 Å². The molecule has 1 heterocycles. The topological polar surface area (TPSA) is 51.1 Å². The number of hydrogen-bond donors (Lipinski definition) is 1. The third-order valence-electron chi connectivity index (χ3n) is 3.63. The highest BCUT2D eigenvalue weighted by atomic mass is 79.9. The Balaban J connectivity index is 1.77. The molecule has 1 amide bonds. The summed E-state index contributed by atoms with van der Waals surface area (Å²) in [7, 11) is 0. The predicted molar refractivity (Wildman–Crippen MR) is 109 cm³/mol. The summed E-state index contributed by atoms with van der Waals surface area (Å²) in [5, 5.41) is 2.91. The number of para-hydroxylation sites is 1. The van der Waals surface area contributed by atoms with Crippen LogP contribution in [0.4, 0.5) is 5.69 Å². The Morgan fingerprint density at radius 3 is 2.58 bits per heavy atom. The van der Waals surface area contributed by atoms with Crippen molar-refractivity contribution >= 4 is 39.3 Å². The lowest BCUT2D eigenvalue weighted by Gasteiger charge is -2.12. The number of nitrogens with one attached hydrogen (secondary N) is 1. The zero-order chi connectivity index (χ0) is 18.5. The molecule has 3 aromatic rings. The second kappa shape index (κ2) is 8.38. The molecule has 0 aliphatic carbocycles. The molecular formula is C20H17BrN2O2S. The van der Waals surface area contributed by atoms with Gasteiger partial charge in [-0.1, -0.05) is 42.1 Å². The minimum absolute atomic E-state index is 0.0382. The van der Waals surface area contributed by atoms with Gasteiger partial charge in [-0.2, -0.15) is 0 Å². The number of halogens is 1. The standard InChI is InChI=1S/C20H17BrN2O2S/c1-14-11-16(21)20(25)23(12-14)13-19(24)22-17-9-5-6-10-18(17)26-15-7-3-2-4-8-15/h2-12H,13H2,1H3,(H,22,24). The van der Waals surface area contributed by atoms with Gasteiger partial charge in [0.05, 0.1) is 10.2 Å². The van der Waals surface area contributed by atoms with E-state index >= 15 is 0 Å². The van der Waals surface area contributed by atoms with Crippen LogP contribution in [0.3, 0.4) is 0 Å². The Kier molecular flexibility index (Phi) is 5.96. The Hall–Kier alpha value is -2.31. The molecule has 1 N–H and O–H groups in total.